The van der Waals surface area contributed by atoms with Crippen molar-refractivity contribution in [1.29, 1.82) is 0 Å². The van der Waals surface area contributed by atoms with Gasteiger partial charge in [0.1, 0.15) is 17.8 Å². The molecule has 1 saturated heterocycles. The Kier molecular flexibility index (Phi) is 2.48. The Morgan fingerprint density at radius 3 is 3.05 bits per heavy atom. The van der Waals surface area contributed by atoms with E-state index >= 15 is 0 Å². The molecule has 19 heavy (non-hydrogen) atoms. The van der Waals surface area contributed by atoms with Crippen molar-refractivity contribution in [2.75, 3.05) is 18.0 Å². The molecule has 0 bridgehead atoms. The van der Waals surface area contributed by atoms with Gasteiger partial charge in [-0.05, 0) is 31.7 Å². The van der Waals surface area contributed by atoms with Crippen LogP contribution in [0, 0.1) is 5.92 Å². The van der Waals surface area contributed by atoms with Gasteiger partial charge in [-0.1, -0.05) is 0 Å². The van der Waals surface area contributed by atoms with E-state index in [0.717, 1.165) is 35.9 Å². The molecule has 0 spiro atoms. The molecule has 1 saturated carbocycles. The average Bonchev–Trinajstić information content (AvgIpc) is 3.15. The van der Waals surface area contributed by atoms with Gasteiger partial charge in [-0.25, -0.2) is 9.97 Å². The maximum Gasteiger partial charge on any atom is 0.142 e. The van der Waals surface area contributed by atoms with Gasteiger partial charge in [-0.15, -0.1) is 0 Å². The zero-order valence-corrected chi connectivity index (χ0v) is 11.0. The van der Waals surface area contributed by atoms with Gasteiger partial charge >= 0.3 is 0 Å². The molecule has 2 unspecified atom stereocenters. The monoisotopic (exact) mass is 258 g/mol. The largest absolute Gasteiger partial charge is 0.371 e. The Morgan fingerprint density at radius 1 is 1.32 bits per heavy atom. The molecular formula is C14H18N4O. The molecule has 2 aliphatic rings. The van der Waals surface area contributed by atoms with E-state index in [2.05, 4.69) is 32.8 Å². The number of nitrogens with zero attached hydrogens (tertiary/aromatic N) is 3. The number of morpholine rings is 1. The molecular weight excluding hydrogens is 240 g/mol. The van der Waals surface area contributed by atoms with Crippen molar-refractivity contribution in [3.63, 3.8) is 0 Å². The van der Waals surface area contributed by atoms with Crippen LogP contribution >= 0.6 is 0 Å². The predicted octanol–water partition coefficient (Wildman–Crippen LogP) is 1.96. The van der Waals surface area contributed by atoms with Crippen LogP contribution in [0.1, 0.15) is 19.8 Å². The summed E-state index contributed by atoms with van der Waals surface area (Å²) in [5, 5.41) is 1.10. The Balaban J connectivity index is 1.68. The predicted molar refractivity (Wildman–Crippen MR) is 73.2 cm³/mol. The number of ether oxygens (including phenoxy) is 1. The van der Waals surface area contributed by atoms with Gasteiger partial charge in [0, 0.05) is 19.3 Å². The first-order valence-corrected chi connectivity index (χ1v) is 7.00. The smallest absolute Gasteiger partial charge is 0.142 e. The summed E-state index contributed by atoms with van der Waals surface area (Å²) in [5.74, 6) is 1.79. The molecule has 0 radical (unpaired) electrons. The van der Waals surface area contributed by atoms with E-state index in [1.54, 1.807) is 6.33 Å². The van der Waals surface area contributed by atoms with Gasteiger partial charge in [-0.2, -0.15) is 0 Å². The molecule has 1 N–H and O–H groups in total. The lowest BCUT2D eigenvalue weighted by Gasteiger charge is -2.37. The summed E-state index contributed by atoms with van der Waals surface area (Å²) in [5.41, 5.74) is 0.909. The summed E-state index contributed by atoms with van der Waals surface area (Å²) in [6.07, 6.45) is 6.82. The highest BCUT2D eigenvalue weighted by Gasteiger charge is 2.37. The minimum Gasteiger partial charge on any atom is -0.371 e. The second-order valence-corrected chi connectivity index (χ2v) is 5.66. The molecule has 2 fully saturated rings. The first kappa shape index (κ1) is 11.2. The third-order valence-electron chi connectivity index (χ3n) is 4.07. The number of hydrogen-bond donors (Lipinski definition) is 1. The Morgan fingerprint density at radius 2 is 2.21 bits per heavy atom. The Labute approximate surface area is 112 Å². The fraction of sp³-hybridized carbons (Fsp3) is 0.571. The topological polar surface area (TPSA) is 54.0 Å². The lowest BCUT2D eigenvalue weighted by Crippen LogP contribution is -2.47. The van der Waals surface area contributed by atoms with Crippen molar-refractivity contribution in [3.05, 3.63) is 18.6 Å². The standard InChI is InChI=1S/C14H18N4O/c1-9-6-18(7-12(19-9)10-2-3-10)14-11-4-5-15-13(11)16-8-17-14/h4-5,8-10,12H,2-3,6-7H2,1H3,(H,15,16,17). The van der Waals surface area contributed by atoms with E-state index in [1.807, 2.05) is 6.20 Å². The van der Waals surface area contributed by atoms with Gasteiger partial charge in [0.2, 0.25) is 0 Å². The number of rotatable bonds is 2. The van der Waals surface area contributed by atoms with E-state index < -0.39 is 0 Å². The van der Waals surface area contributed by atoms with Crippen molar-refractivity contribution in [2.24, 2.45) is 5.92 Å². The third kappa shape index (κ3) is 1.98. The first-order chi connectivity index (χ1) is 9.31. The molecule has 1 aliphatic carbocycles. The second-order valence-electron chi connectivity index (χ2n) is 5.66. The molecule has 2 aromatic rings. The molecule has 5 nitrogen and oxygen atoms in total. The highest BCUT2D eigenvalue weighted by atomic mass is 16.5. The maximum atomic E-state index is 6.06. The van der Waals surface area contributed by atoms with E-state index in [0.29, 0.717) is 6.10 Å². The number of hydrogen-bond acceptors (Lipinski definition) is 4. The van der Waals surface area contributed by atoms with E-state index in [-0.39, 0.29) is 6.10 Å². The van der Waals surface area contributed by atoms with Gasteiger partial charge in [0.25, 0.3) is 0 Å². The van der Waals surface area contributed by atoms with E-state index in [4.69, 9.17) is 4.74 Å². The molecule has 4 rings (SSSR count). The molecule has 100 valence electrons. The van der Waals surface area contributed by atoms with Gasteiger partial charge in [0.05, 0.1) is 17.6 Å². The van der Waals surface area contributed by atoms with Crippen LogP contribution < -0.4 is 4.90 Å². The van der Waals surface area contributed by atoms with Gasteiger partial charge in [-0.3, -0.25) is 0 Å². The van der Waals surface area contributed by atoms with Crippen LogP contribution in [0.5, 0.6) is 0 Å². The highest BCUT2D eigenvalue weighted by molar-refractivity contribution is 5.87. The van der Waals surface area contributed by atoms with E-state index in [1.165, 1.54) is 12.8 Å². The van der Waals surface area contributed by atoms with Gasteiger partial charge < -0.3 is 14.6 Å². The fourth-order valence-electron chi connectivity index (χ4n) is 3.00. The third-order valence-corrected chi connectivity index (χ3v) is 4.07. The van der Waals surface area contributed by atoms with Crippen molar-refractivity contribution in [1.82, 2.24) is 15.0 Å². The zero-order valence-electron chi connectivity index (χ0n) is 11.0. The second kappa shape index (κ2) is 4.20. The van der Waals surface area contributed by atoms with Crippen molar-refractivity contribution in [2.45, 2.75) is 32.0 Å². The zero-order chi connectivity index (χ0) is 12.8. The molecule has 0 aromatic carbocycles. The summed E-state index contributed by atoms with van der Waals surface area (Å²) in [6, 6.07) is 2.05. The average molecular weight is 258 g/mol. The van der Waals surface area contributed by atoms with Crippen molar-refractivity contribution >= 4 is 16.9 Å². The lowest BCUT2D eigenvalue weighted by molar-refractivity contribution is -0.0272. The number of fused-ring (bicyclic) bond motifs is 1. The van der Waals surface area contributed by atoms with Crippen molar-refractivity contribution in [3.8, 4) is 0 Å². The fourth-order valence-corrected chi connectivity index (χ4v) is 3.00. The summed E-state index contributed by atoms with van der Waals surface area (Å²) < 4.78 is 6.06. The summed E-state index contributed by atoms with van der Waals surface area (Å²) in [7, 11) is 0. The minimum absolute atomic E-state index is 0.267. The number of nitrogens with one attached hydrogen (secondary N) is 1. The van der Waals surface area contributed by atoms with Crippen LogP contribution in [0.3, 0.4) is 0 Å². The first-order valence-electron chi connectivity index (χ1n) is 7.00. The molecule has 5 heteroatoms. The van der Waals surface area contributed by atoms with Crippen LogP contribution in [0.2, 0.25) is 0 Å². The molecule has 3 heterocycles. The molecule has 1 aliphatic heterocycles. The van der Waals surface area contributed by atoms with Crippen LogP contribution in [0.15, 0.2) is 18.6 Å². The summed E-state index contributed by atoms with van der Waals surface area (Å²) >= 11 is 0. The van der Waals surface area contributed by atoms with Crippen LogP contribution in [-0.4, -0.2) is 40.2 Å². The van der Waals surface area contributed by atoms with E-state index in [9.17, 15) is 0 Å². The summed E-state index contributed by atoms with van der Waals surface area (Å²) in [6.45, 7) is 4.00. The summed E-state index contributed by atoms with van der Waals surface area (Å²) in [4.78, 5) is 14.3. The molecule has 2 aromatic heterocycles. The molecule has 2 atom stereocenters. The van der Waals surface area contributed by atoms with Crippen LogP contribution in [0.25, 0.3) is 11.0 Å². The Hall–Kier alpha value is -1.62. The number of aromatic amines is 1. The number of H-pyrrole nitrogens is 1. The van der Waals surface area contributed by atoms with Crippen LogP contribution in [0.4, 0.5) is 5.82 Å². The number of aromatic nitrogens is 3. The minimum atomic E-state index is 0.267. The van der Waals surface area contributed by atoms with Crippen molar-refractivity contribution < 1.29 is 4.74 Å². The Bertz CT molecular complexity index is 592. The lowest BCUT2D eigenvalue weighted by atomic mass is 10.1. The maximum absolute atomic E-state index is 6.06. The van der Waals surface area contributed by atoms with Crippen LogP contribution in [-0.2, 0) is 4.74 Å². The number of anilines is 1. The normalized spacial score (nSPS) is 27.9. The molecule has 0 amide bonds. The SMILES string of the molecule is CC1CN(c2ncnc3[nH]ccc23)CC(C2CC2)O1. The highest BCUT2D eigenvalue weighted by Crippen LogP contribution is 2.37. The quantitative estimate of drug-likeness (QED) is 0.894. The van der Waals surface area contributed by atoms with Gasteiger partial charge in [0.15, 0.2) is 0 Å².